The highest BCUT2D eigenvalue weighted by atomic mass is 32.2. The van der Waals surface area contributed by atoms with Gasteiger partial charge in [-0.3, -0.25) is 4.79 Å². The Morgan fingerprint density at radius 2 is 1.90 bits per heavy atom. The zero-order valence-corrected chi connectivity index (χ0v) is 18.0. The predicted octanol–water partition coefficient (Wildman–Crippen LogP) is 4.63. The Morgan fingerprint density at radius 1 is 1.10 bits per heavy atom. The van der Waals surface area contributed by atoms with E-state index in [0.717, 1.165) is 28.6 Å². The summed E-state index contributed by atoms with van der Waals surface area (Å²) in [6.07, 6.45) is 0. The van der Waals surface area contributed by atoms with E-state index < -0.39 is 0 Å². The van der Waals surface area contributed by atoms with Crippen LogP contribution in [0, 0.1) is 6.92 Å². The van der Waals surface area contributed by atoms with E-state index in [2.05, 4.69) is 20.5 Å². The predicted molar refractivity (Wildman–Crippen MR) is 117 cm³/mol. The van der Waals surface area contributed by atoms with E-state index in [1.54, 1.807) is 12.1 Å². The zero-order valence-electron chi connectivity index (χ0n) is 16.3. The number of aromatic nitrogens is 3. The molecule has 2 aromatic heterocycles. The number of hydrogen-bond donors (Lipinski definition) is 1. The van der Waals surface area contributed by atoms with E-state index in [1.807, 2.05) is 42.6 Å². The molecule has 3 heterocycles. The van der Waals surface area contributed by atoms with Gasteiger partial charge in [0.2, 0.25) is 18.6 Å². The van der Waals surface area contributed by atoms with Gasteiger partial charge in [0.25, 0.3) is 5.22 Å². The Morgan fingerprint density at radius 3 is 2.77 bits per heavy atom. The number of thiazole rings is 1. The maximum Gasteiger partial charge on any atom is 0.277 e. The van der Waals surface area contributed by atoms with Crippen molar-refractivity contribution >= 4 is 34.1 Å². The number of fused-ring (bicyclic) bond motifs is 1. The second-order valence-electron chi connectivity index (χ2n) is 6.68. The molecule has 4 aromatic rings. The number of hydrogen-bond acceptors (Lipinski definition) is 9. The smallest absolute Gasteiger partial charge is 0.277 e. The third-order valence-electron chi connectivity index (χ3n) is 4.45. The number of anilines is 1. The normalized spacial score (nSPS) is 12.2. The zero-order chi connectivity index (χ0) is 21.2. The highest BCUT2D eigenvalue weighted by Crippen LogP contribution is 2.36. The summed E-state index contributed by atoms with van der Waals surface area (Å²) in [6.45, 7) is 2.24. The van der Waals surface area contributed by atoms with Crippen molar-refractivity contribution in [2.24, 2.45) is 0 Å². The number of rotatable bonds is 6. The van der Waals surface area contributed by atoms with Crippen LogP contribution in [0.5, 0.6) is 11.5 Å². The summed E-state index contributed by atoms with van der Waals surface area (Å²) in [5, 5.41) is 13.6. The van der Waals surface area contributed by atoms with Crippen LogP contribution >= 0.6 is 23.1 Å². The average Bonchev–Trinajstić information content (AvgIpc) is 3.53. The lowest BCUT2D eigenvalue weighted by atomic mass is 10.1. The Balaban J connectivity index is 1.17. The number of benzene rings is 2. The van der Waals surface area contributed by atoms with Gasteiger partial charge in [-0.15, -0.1) is 21.5 Å². The highest BCUT2D eigenvalue weighted by molar-refractivity contribution is 7.99. The van der Waals surface area contributed by atoms with Gasteiger partial charge < -0.3 is 19.2 Å². The monoisotopic (exact) mass is 452 g/mol. The van der Waals surface area contributed by atoms with Crippen LogP contribution < -0.4 is 14.8 Å². The summed E-state index contributed by atoms with van der Waals surface area (Å²) in [6, 6.07) is 13.5. The molecule has 0 saturated carbocycles. The maximum atomic E-state index is 12.3. The molecule has 8 nitrogen and oxygen atoms in total. The molecule has 10 heteroatoms. The summed E-state index contributed by atoms with van der Waals surface area (Å²) in [5.41, 5.74) is 3.75. The van der Waals surface area contributed by atoms with Crippen molar-refractivity contribution in [2.75, 3.05) is 17.9 Å². The Labute approximate surface area is 185 Å². The molecular weight excluding hydrogens is 436 g/mol. The third kappa shape index (κ3) is 4.39. The van der Waals surface area contributed by atoms with Gasteiger partial charge in [0.1, 0.15) is 0 Å². The fourth-order valence-corrected chi connectivity index (χ4v) is 4.18. The largest absolute Gasteiger partial charge is 0.454 e. The standard InChI is InChI=1S/C21H16N4O4S2/c1-12-2-4-13(5-3-12)15-9-30-20(22-15)23-18(26)10-31-21-25-24-19(29-21)14-6-7-16-17(8-14)28-11-27-16/h2-9H,10-11H2,1H3,(H,22,23,26). The van der Waals surface area contributed by atoms with Crippen LogP contribution in [0.3, 0.4) is 0 Å². The van der Waals surface area contributed by atoms with E-state index >= 15 is 0 Å². The van der Waals surface area contributed by atoms with Gasteiger partial charge in [-0.25, -0.2) is 4.98 Å². The number of ether oxygens (including phenoxy) is 2. The summed E-state index contributed by atoms with van der Waals surface area (Å²) in [5.74, 6) is 1.60. The van der Waals surface area contributed by atoms with Crippen LogP contribution in [-0.4, -0.2) is 33.6 Å². The first-order valence-corrected chi connectivity index (χ1v) is 11.2. The first kappa shape index (κ1) is 19.6. The lowest BCUT2D eigenvalue weighted by Crippen LogP contribution is -2.13. The molecule has 5 rings (SSSR count). The molecule has 0 atom stereocenters. The van der Waals surface area contributed by atoms with Crippen molar-refractivity contribution in [3.63, 3.8) is 0 Å². The molecule has 1 aliphatic heterocycles. The number of amides is 1. The van der Waals surface area contributed by atoms with E-state index in [-0.39, 0.29) is 18.5 Å². The van der Waals surface area contributed by atoms with Crippen molar-refractivity contribution in [3.8, 4) is 34.2 Å². The van der Waals surface area contributed by atoms with Gasteiger partial charge in [0.05, 0.1) is 11.4 Å². The van der Waals surface area contributed by atoms with Crippen molar-refractivity contribution in [1.82, 2.24) is 15.2 Å². The fourth-order valence-electron chi connectivity index (χ4n) is 2.89. The van der Waals surface area contributed by atoms with Crippen LogP contribution in [-0.2, 0) is 4.79 Å². The van der Waals surface area contributed by atoms with Gasteiger partial charge in [0, 0.05) is 16.5 Å². The van der Waals surface area contributed by atoms with Crippen molar-refractivity contribution < 1.29 is 18.7 Å². The summed E-state index contributed by atoms with van der Waals surface area (Å²) >= 11 is 2.55. The second-order valence-corrected chi connectivity index (χ2v) is 8.47. The number of nitrogens with one attached hydrogen (secondary N) is 1. The van der Waals surface area contributed by atoms with E-state index in [0.29, 0.717) is 27.7 Å². The molecule has 1 aliphatic rings. The molecule has 0 unspecified atom stereocenters. The van der Waals surface area contributed by atoms with E-state index in [9.17, 15) is 4.79 Å². The molecule has 0 spiro atoms. The molecule has 0 fully saturated rings. The molecule has 0 radical (unpaired) electrons. The van der Waals surface area contributed by atoms with Gasteiger partial charge >= 0.3 is 0 Å². The highest BCUT2D eigenvalue weighted by Gasteiger charge is 2.17. The Bertz CT molecular complexity index is 1240. The van der Waals surface area contributed by atoms with Gasteiger partial charge in [-0.05, 0) is 25.1 Å². The number of aryl methyl sites for hydroxylation is 1. The van der Waals surface area contributed by atoms with Crippen LogP contribution in [0.15, 0.2) is 57.5 Å². The van der Waals surface area contributed by atoms with E-state index in [1.165, 1.54) is 16.9 Å². The second kappa shape index (κ2) is 8.40. The van der Waals surface area contributed by atoms with Crippen LogP contribution in [0.4, 0.5) is 5.13 Å². The fraction of sp³-hybridized carbons (Fsp3) is 0.143. The van der Waals surface area contributed by atoms with Crippen molar-refractivity contribution in [1.29, 1.82) is 0 Å². The third-order valence-corrected chi connectivity index (χ3v) is 6.03. The topological polar surface area (TPSA) is 99.4 Å². The molecule has 1 N–H and O–H groups in total. The van der Waals surface area contributed by atoms with Gasteiger partial charge in [-0.1, -0.05) is 41.6 Å². The van der Waals surface area contributed by atoms with Crippen molar-refractivity contribution in [3.05, 3.63) is 53.4 Å². The van der Waals surface area contributed by atoms with Crippen molar-refractivity contribution in [2.45, 2.75) is 12.1 Å². The molecule has 0 bridgehead atoms. The number of carbonyl (C=O) groups is 1. The molecule has 156 valence electrons. The molecule has 0 aliphatic carbocycles. The lowest BCUT2D eigenvalue weighted by Gasteiger charge is -2.00. The molecule has 2 aromatic carbocycles. The molecule has 31 heavy (non-hydrogen) atoms. The lowest BCUT2D eigenvalue weighted by molar-refractivity contribution is -0.113. The van der Waals surface area contributed by atoms with Gasteiger partial charge in [-0.2, -0.15) is 0 Å². The number of nitrogens with zero attached hydrogens (tertiary/aromatic N) is 3. The summed E-state index contributed by atoms with van der Waals surface area (Å²) < 4.78 is 16.3. The first-order chi connectivity index (χ1) is 15.1. The summed E-state index contributed by atoms with van der Waals surface area (Å²) in [7, 11) is 0. The number of thioether (sulfide) groups is 1. The maximum absolute atomic E-state index is 12.3. The van der Waals surface area contributed by atoms with Gasteiger partial charge in [0.15, 0.2) is 16.6 Å². The minimum absolute atomic E-state index is 0.127. The summed E-state index contributed by atoms with van der Waals surface area (Å²) in [4.78, 5) is 16.8. The molecular formula is C21H16N4O4S2. The molecule has 0 saturated heterocycles. The van der Waals surface area contributed by atoms with E-state index in [4.69, 9.17) is 13.9 Å². The first-order valence-electron chi connectivity index (χ1n) is 9.33. The average molecular weight is 453 g/mol. The molecule has 1 amide bonds. The SMILES string of the molecule is Cc1ccc(-c2csc(NC(=O)CSc3nnc(-c4ccc5c(c4)OCO5)o3)n2)cc1. The number of carbonyl (C=O) groups excluding carboxylic acids is 1. The van der Waals surface area contributed by atoms with Crippen LogP contribution in [0.2, 0.25) is 0 Å². The quantitative estimate of drug-likeness (QED) is 0.423. The minimum atomic E-state index is -0.197. The van der Waals surface area contributed by atoms with Crippen LogP contribution in [0.25, 0.3) is 22.7 Å². The van der Waals surface area contributed by atoms with Crippen LogP contribution in [0.1, 0.15) is 5.56 Å². The Hall–Kier alpha value is -3.37. The minimum Gasteiger partial charge on any atom is -0.454 e. The Kier molecular flexibility index (Phi) is 5.31.